The van der Waals surface area contributed by atoms with Crippen LogP contribution in [0.2, 0.25) is 0 Å². The molecule has 5 heteroatoms. The fourth-order valence-corrected chi connectivity index (χ4v) is 2.52. The smallest absolute Gasteiger partial charge is 0.255 e. The molecule has 0 aliphatic rings. The highest BCUT2D eigenvalue weighted by molar-refractivity contribution is 6.09. The largest absolute Gasteiger partial charge is 0.494 e. The van der Waals surface area contributed by atoms with Crippen molar-refractivity contribution in [1.29, 1.82) is 0 Å². The van der Waals surface area contributed by atoms with Crippen LogP contribution in [0.25, 0.3) is 0 Å². The SMILES string of the molecule is CCCCNC(=O)c1ccccc1NC(=O)c1cccc(OCCCC)c1. The molecule has 5 nitrogen and oxygen atoms in total. The molecular weight excluding hydrogens is 340 g/mol. The highest BCUT2D eigenvalue weighted by Crippen LogP contribution is 2.19. The molecule has 0 unspecified atom stereocenters. The second kappa shape index (κ2) is 11.0. The normalized spacial score (nSPS) is 10.3. The number of nitrogens with one attached hydrogen (secondary N) is 2. The van der Waals surface area contributed by atoms with Crippen molar-refractivity contribution in [2.24, 2.45) is 0 Å². The third kappa shape index (κ3) is 6.44. The minimum absolute atomic E-state index is 0.184. The van der Waals surface area contributed by atoms with Crippen LogP contribution in [0.5, 0.6) is 5.75 Å². The van der Waals surface area contributed by atoms with Crippen LogP contribution in [0, 0.1) is 0 Å². The molecule has 0 radical (unpaired) electrons. The summed E-state index contributed by atoms with van der Waals surface area (Å²) >= 11 is 0. The van der Waals surface area contributed by atoms with Gasteiger partial charge in [0.1, 0.15) is 5.75 Å². The molecule has 0 fully saturated rings. The number of hydrogen-bond acceptors (Lipinski definition) is 3. The molecule has 0 aliphatic heterocycles. The molecule has 2 amide bonds. The molecule has 0 bridgehead atoms. The molecule has 2 rings (SSSR count). The third-order valence-corrected chi connectivity index (χ3v) is 4.10. The first-order chi connectivity index (χ1) is 13.2. The molecule has 0 saturated heterocycles. The Bertz CT molecular complexity index is 759. The summed E-state index contributed by atoms with van der Waals surface area (Å²) in [4.78, 5) is 25.0. The summed E-state index contributed by atoms with van der Waals surface area (Å²) in [6, 6.07) is 14.1. The quantitative estimate of drug-likeness (QED) is 0.600. The molecule has 0 aliphatic carbocycles. The molecular formula is C22H28N2O3. The van der Waals surface area contributed by atoms with Crippen molar-refractivity contribution in [1.82, 2.24) is 5.32 Å². The van der Waals surface area contributed by atoms with Crippen molar-refractivity contribution in [3.05, 3.63) is 59.7 Å². The number of para-hydroxylation sites is 1. The summed E-state index contributed by atoms with van der Waals surface area (Å²) in [5.74, 6) is 0.211. The maximum atomic E-state index is 12.6. The monoisotopic (exact) mass is 368 g/mol. The van der Waals surface area contributed by atoms with Gasteiger partial charge >= 0.3 is 0 Å². The van der Waals surface area contributed by atoms with E-state index in [0.717, 1.165) is 25.7 Å². The summed E-state index contributed by atoms with van der Waals surface area (Å²) in [5.41, 5.74) is 1.44. The number of anilines is 1. The average molecular weight is 368 g/mol. The minimum atomic E-state index is -0.273. The minimum Gasteiger partial charge on any atom is -0.494 e. The fourth-order valence-electron chi connectivity index (χ4n) is 2.52. The number of rotatable bonds is 10. The molecule has 0 heterocycles. The van der Waals surface area contributed by atoms with Gasteiger partial charge in [-0.15, -0.1) is 0 Å². The van der Waals surface area contributed by atoms with Crippen LogP contribution in [0.4, 0.5) is 5.69 Å². The van der Waals surface area contributed by atoms with E-state index in [4.69, 9.17) is 4.74 Å². The van der Waals surface area contributed by atoms with Crippen molar-refractivity contribution in [2.75, 3.05) is 18.5 Å². The molecule has 27 heavy (non-hydrogen) atoms. The molecule has 144 valence electrons. The van der Waals surface area contributed by atoms with E-state index in [2.05, 4.69) is 24.5 Å². The van der Waals surface area contributed by atoms with Crippen LogP contribution in [0.1, 0.15) is 60.2 Å². The zero-order valence-electron chi connectivity index (χ0n) is 16.1. The molecule has 2 aromatic rings. The van der Waals surface area contributed by atoms with Gasteiger partial charge in [-0.1, -0.05) is 44.9 Å². The second-order valence-corrected chi connectivity index (χ2v) is 6.34. The maximum absolute atomic E-state index is 12.6. The van der Waals surface area contributed by atoms with Gasteiger partial charge in [0.15, 0.2) is 0 Å². The van der Waals surface area contributed by atoms with Gasteiger partial charge in [0.2, 0.25) is 0 Å². The Hall–Kier alpha value is -2.82. The predicted molar refractivity (Wildman–Crippen MR) is 108 cm³/mol. The Kier molecular flexibility index (Phi) is 8.36. The standard InChI is InChI=1S/C22H28N2O3/c1-3-5-14-23-22(26)19-12-7-8-13-20(19)24-21(25)17-10-9-11-18(16-17)27-15-6-4-2/h7-13,16H,3-6,14-15H2,1-2H3,(H,23,26)(H,24,25). The number of benzene rings is 2. The van der Waals surface area contributed by atoms with Crippen LogP contribution in [0.3, 0.4) is 0 Å². The van der Waals surface area contributed by atoms with E-state index in [0.29, 0.717) is 35.7 Å². The van der Waals surface area contributed by atoms with Gasteiger partial charge in [-0.05, 0) is 43.2 Å². The Balaban J connectivity index is 2.07. The van der Waals surface area contributed by atoms with Gasteiger partial charge in [-0.2, -0.15) is 0 Å². The van der Waals surface area contributed by atoms with Crippen molar-refractivity contribution in [3.63, 3.8) is 0 Å². The number of carbonyl (C=O) groups is 2. The van der Waals surface area contributed by atoms with E-state index in [1.54, 1.807) is 42.5 Å². The lowest BCUT2D eigenvalue weighted by atomic mass is 10.1. The summed E-state index contributed by atoms with van der Waals surface area (Å²) < 4.78 is 5.66. The molecule has 2 aromatic carbocycles. The van der Waals surface area contributed by atoms with Crippen molar-refractivity contribution in [2.45, 2.75) is 39.5 Å². The zero-order valence-corrected chi connectivity index (χ0v) is 16.1. The van der Waals surface area contributed by atoms with Crippen LogP contribution < -0.4 is 15.4 Å². The lowest BCUT2D eigenvalue weighted by Crippen LogP contribution is -2.26. The summed E-state index contributed by atoms with van der Waals surface area (Å²) in [6.07, 6.45) is 3.95. The fraction of sp³-hybridized carbons (Fsp3) is 0.364. The van der Waals surface area contributed by atoms with Crippen LogP contribution in [0.15, 0.2) is 48.5 Å². The molecule has 0 aromatic heterocycles. The second-order valence-electron chi connectivity index (χ2n) is 6.34. The Morgan fingerprint density at radius 3 is 2.48 bits per heavy atom. The van der Waals surface area contributed by atoms with E-state index < -0.39 is 0 Å². The number of amides is 2. The topological polar surface area (TPSA) is 67.4 Å². The number of hydrogen-bond donors (Lipinski definition) is 2. The van der Waals surface area contributed by atoms with Crippen molar-refractivity contribution < 1.29 is 14.3 Å². The van der Waals surface area contributed by atoms with E-state index >= 15 is 0 Å². The first-order valence-corrected chi connectivity index (χ1v) is 9.57. The first-order valence-electron chi connectivity index (χ1n) is 9.57. The van der Waals surface area contributed by atoms with Gasteiger partial charge in [0.25, 0.3) is 11.8 Å². The summed E-state index contributed by atoms with van der Waals surface area (Å²) in [5, 5.41) is 5.72. The number of ether oxygens (including phenoxy) is 1. The zero-order chi connectivity index (χ0) is 19.5. The van der Waals surface area contributed by atoms with E-state index in [1.165, 1.54) is 0 Å². The van der Waals surface area contributed by atoms with Gasteiger partial charge in [0.05, 0.1) is 17.9 Å². The third-order valence-electron chi connectivity index (χ3n) is 4.10. The average Bonchev–Trinajstić information content (AvgIpc) is 2.69. The van der Waals surface area contributed by atoms with Gasteiger partial charge in [-0.3, -0.25) is 9.59 Å². The summed E-state index contributed by atoms with van der Waals surface area (Å²) in [6.45, 7) is 5.42. The molecule has 0 spiro atoms. The molecule has 0 atom stereocenters. The van der Waals surface area contributed by atoms with Gasteiger partial charge < -0.3 is 15.4 Å². The highest BCUT2D eigenvalue weighted by atomic mass is 16.5. The predicted octanol–water partition coefficient (Wildman–Crippen LogP) is 4.65. The van der Waals surface area contributed by atoms with E-state index in [9.17, 15) is 9.59 Å². The van der Waals surface area contributed by atoms with E-state index in [-0.39, 0.29) is 11.8 Å². The van der Waals surface area contributed by atoms with Crippen LogP contribution >= 0.6 is 0 Å². The Labute approximate surface area is 161 Å². The van der Waals surface area contributed by atoms with Crippen molar-refractivity contribution >= 4 is 17.5 Å². The van der Waals surface area contributed by atoms with Gasteiger partial charge in [-0.25, -0.2) is 0 Å². The number of unbranched alkanes of at least 4 members (excludes halogenated alkanes) is 2. The summed E-state index contributed by atoms with van der Waals surface area (Å²) in [7, 11) is 0. The highest BCUT2D eigenvalue weighted by Gasteiger charge is 2.14. The lowest BCUT2D eigenvalue weighted by molar-refractivity contribution is 0.0954. The van der Waals surface area contributed by atoms with Crippen LogP contribution in [-0.2, 0) is 0 Å². The molecule has 2 N–H and O–H groups in total. The van der Waals surface area contributed by atoms with E-state index in [1.807, 2.05) is 6.07 Å². The Morgan fingerprint density at radius 1 is 0.926 bits per heavy atom. The van der Waals surface area contributed by atoms with Gasteiger partial charge in [0, 0.05) is 12.1 Å². The first kappa shape index (κ1) is 20.5. The molecule has 0 saturated carbocycles. The Morgan fingerprint density at radius 2 is 1.70 bits per heavy atom. The maximum Gasteiger partial charge on any atom is 0.255 e. The number of carbonyl (C=O) groups excluding carboxylic acids is 2. The van der Waals surface area contributed by atoms with Crippen molar-refractivity contribution in [3.8, 4) is 5.75 Å². The van der Waals surface area contributed by atoms with Crippen LogP contribution in [-0.4, -0.2) is 25.0 Å². The lowest BCUT2D eigenvalue weighted by Gasteiger charge is -2.12.